The molecule has 2 heterocycles. The third-order valence-electron chi connectivity index (χ3n) is 4.64. The highest BCUT2D eigenvalue weighted by molar-refractivity contribution is 5.85. The number of nitrogens with zero attached hydrogens (tertiary/aromatic N) is 2. The highest BCUT2D eigenvalue weighted by atomic mass is 35.5. The minimum Gasteiger partial charge on any atom is -0.387 e. The zero-order valence-corrected chi connectivity index (χ0v) is 15.3. The van der Waals surface area contributed by atoms with Gasteiger partial charge >= 0.3 is 0 Å². The van der Waals surface area contributed by atoms with E-state index in [2.05, 4.69) is 15.7 Å². The van der Waals surface area contributed by atoms with Crippen molar-refractivity contribution < 1.29 is 9.90 Å². The first-order chi connectivity index (χ1) is 11.5. The first kappa shape index (κ1) is 19.4. The summed E-state index contributed by atoms with van der Waals surface area (Å²) >= 11 is 0. The lowest BCUT2D eigenvalue weighted by molar-refractivity contribution is -0.125. The Morgan fingerprint density at radius 1 is 1.40 bits per heavy atom. The van der Waals surface area contributed by atoms with Crippen LogP contribution in [0.15, 0.2) is 36.7 Å². The molecule has 136 valence electrons. The Morgan fingerprint density at radius 2 is 2.12 bits per heavy atom. The van der Waals surface area contributed by atoms with Crippen molar-refractivity contribution in [1.82, 2.24) is 20.4 Å². The molecular formula is C18H25ClN4O2. The summed E-state index contributed by atoms with van der Waals surface area (Å²) in [7, 11) is 1.87. The number of aliphatic hydroxyl groups is 1. The topological polar surface area (TPSA) is 79.2 Å². The van der Waals surface area contributed by atoms with E-state index in [0.717, 1.165) is 23.2 Å². The van der Waals surface area contributed by atoms with E-state index in [-0.39, 0.29) is 36.7 Å². The zero-order valence-electron chi connectivity index (χ0n) is 14.5. The first-order valence-electron chi connectivity index (χ1n) is 8.26. The lowest BCUT2D eigenvalue weighted by Gasteiger charge is -2.19. The van der Waals surface area contributed by atoms with Gasteiger partial charge in [0.05, 0.1) is 18.2 Å². The van der Waals surface area contributed by atoms with Crippen LogP contribution in [0, 0.1) is 12.8 Å². The summed E-state index contributed by atoms with van der Waals surface area (Å²) in [4.78, 5) is 12.5. The van der Waals surface area contributed by atoms with Crippen molar-refractivity contribution in [1.29, 1.82) is 0 Å². The molecule has 0 spiro atoms. The van der Waals surface area contributed by atoms with Crippen molar-refractivity contribution in [2.75, 3.05) is 19.6 Å². The maximum Gasteiger partial charge on any atom is 0.225 e. The number of benzene rings is 1. The molecule has 1 saturated heterocycles. The molecule has 1 aromatic heterocycles. The number of aryl methyl sites for hydroxylation is 2. The molecule has 25 heavy (non-hydrogen) atoms. The van der Waals surface area contributed by atoms with Crippen LogP contribution in [0.1, 0.15) is 28.7 Å². The molecule has 2 aromatic rings. The number of aromatic nitrogens is 2. The van der Waals surface area contributed by atoms with Gasteiger partial charge in [-0.05, 0) is 18.1 Å². The monoisotopic (exact) mass is 364 g/mol. The van der Waals surface area contributed by atoms with E-state index in [1.54, 1.807) is 4.68 Å². The van der Waals surface area contributed by atoms with Gasteiger partial charge in [-0.15, -0.1) is 12.4 Å². The fourth-order valence-electron chi connectivity index (χ4n) is 3.17. The van der Waals surface area contributed by atoms with Crippen LogP contribution in [0.25, 0.3) is 0 Å². The van der Waals surface area contributed by atoms with Crippen LogP contribution < -0.4 is 10.6 Å². The van der Waals surface area contributed by atoms with E-state index in [9.17, 15) is 9.90 Å². The Bertz CT molecular complexity index is 701. The van der Waals surface area contributed by atoms with Gasteiger partial charge in [0.25, 0.3) is 0 Å². The van der Waals surface area contributed by atoms with Gasteiger partial charge in [-0.1, -0.05) is 29.8 Å². The Morgan fingerprint density at radius 3 is 2.76 bits per heavy atom. The molecule has 3 N–H and O–H groups in total. The molecule has 3 atom stereocenters. The molecule has 0 aliphatic carbocycles. The van der Waals surface area contributed by atoms with Crippen LogP contribution in [0.3, 0.4) is 0 Å². The smallest absolute Gasteiger partial charge is 0.225 e. The second-order valence-electron chi connectivity index (χ2n) is 6.49. The van der Waals surface area contributed by atoms with Crippen LogP contribution in [0.2, 0.25) is 0 Å². The second-order valence-corrected chi connectivity index (χ2v) is 6.49. The van der Waals surface area contributed by atoms with Gasteiger partial charge in [-0.3, -0.25) is 9.48 Å². The van der Waals surface area contributed by atoms with Crippen LogP contribution in [0.5, 0.6) is 0 Å². The molecule has 3 rings (SSSR count). The third-order valence-corrected chi connectivity index (χ3v) is 4.64. The average Bonchev–Trinajstić information content (AvgIpc) is 3.21. The standard InChI is InChI=1S/C18H24N4O2.ClH/c1-12-3-5-13(6-4-12)17(23)10-20-18(24)16-9-19-8-15(16)14-7-21-22(2)11-14;/h3-7,11,15-17,19,23H,8-10H2,1-2H3,(H,20,24);1H/t15-,16+,17?;/m1./s1. The van der Waals surface area contributed by atoms with E-state index in [4.69, 9.17) is 0 Å². The van der Waals surface area contributed by atoms with Crippen molar-refractivity contribution in [3.63, 3.8) is 0 Å². The zero-order chi connectivity index (χ0) is 17.1. The number of carbonyl (C=O) groups is 1. The lowest BCUT2D eigenvalue weighted by atomic mass is 9.90. The van der Waals surface area contributed by atoms with Crippen LogP contribution in [-0.2, 0) is 11.8 Å². The van der Waals surface area contributed by atoms with Crippen molar-refractivity contribution in [2.45, 2.75) is 18.9 Å². The average molecular weight is 365 g/mol. The van der Waals surface area contributed by atoms with E-state index in [0.29, 0.717) is 6.54 Å². The maximum atomic E-state index is 12.5. The number of amides is 1. The van der Waals surface area contributed by atoms with E-state index in [1.165, 1.54) is 0 Å². The molecule has 1 aromatic carbocycles. The van der Waals surface area contributed by atoms with Gasteiger partial charge < -0.3 is 15.7 Å². The van der Waals surface area contributed by atoms with Gasteiger partial charge in [0.15, 0.2) is 0 Å². The molecule has 0 bridgehead atoms. The fourth-order valence-corrected chi connectivity index (χ4v) is 3.17. The number of rotatable bonds is 5. The highest BCUT2D eigenvalue weighted by Gasteiger charge is 2.34. The van der Waals surface area contributed by atoms with Crippen molar-refractivity contribution >= 4 is 18.3 Å². The largest absolute Gasteiger partial charge is 0.387 e. The van der Waals surface area contributed by atoms with Gasteiger partial charge in [0.2, 0.25) is 5.91 Å². The molecule has 1 aliphatic heterocycles. The van der Waals surface area contributed by atoms with Gasteiger partial charge in [0.1, 0.15) is 0 Å². The van der Waals surface area contributed by atoms with Crippen LogP contribution >= 0.6 is 12.4 Å². The molecule has 0 radical (unpaired) electrons. The number of nitrogens with one attached hydrogen (secondary N) is 2. The predicted molar refractivity (Wildman–Crippen MR) is 98.7 cm³/mol. The van der Waals surface area contributed by atoms with E-state index in [1.807, 2.05) is 50.6 Å². The Labute approximate surface area is 154 Å². The SMILES string of the molecule is Cc1ccc(C(O)CNC(=O)[C@H]2CNC[C@@H]2c2cnn(C)c2)cc1.Cl. The maximum absolute atomic E-state index is 12.5. The highest BCUT2D eigenvalue weighted by Crippen LogP contribution is 2.28. The van der Waals surface area contributed by atoms with Crippen molar-refractivity contribution in [3.05, 3.63) is 53.3 Å². The molecular weight excluding hydrogens is 340 g/mol. The third kappa shape index (κ3) is 4.60. The van der Waals surface area contributed by atoms with Crippen LogP contribution in [-0.4, -0.2) is 40.4 Å². The minimum absolute atomic E-state index is 0. The molecule has 6 nitrogen and oxygen atoms in total. The number of halogens is 1. The second kappa shape index (κ2) is 8.47. The summed E-state index contributed by atoms with van der Waals surface area (Å²) in [6.07, 6.45) is 3.08. The molecule has 1 fully saturated rings. The summed E-state index contributed by atoms with van der Waals surface area (Å²) in [5, 5.41) is 20.6. The Balaban J connectivity index is 0.00000225. The summed E-state index contributed by atoms with van der Waals surface area (Å²) in [6, 6.07) is 7.70. The number of aliphatic hydroxyl groups excluding tert-OH is 1. The number of hydrogen-bond acceptors (Lipinski definition) is 4. The molecule has 1 unspecified atom stereocenters. The number of hydrogen-bond donors (Lipinski definition) is 3. The fraction of sp³-hybridized carbons (Fsp3) is 0.444. The summed E-state index contributed by atoms with van der Waals surface area (Å²) < 4.78 is 1.75. The molecule has 0 saturated carbocycles. The Hall–Kier alpha value is -1.89. The minimum atomic E-state index is -0.694. The quantitative estimate of drug-likeness (QED) is 0.747. The molecule has 7 heteroatoms. The van der Waals surface area contributed by atoms with E-state index >= 15 is 0 Å². The van der Waals surface area contributed by atoms with Crippen molar-refractivity contribution in [3.8, 4) is 0 Å². The summed E-state index contributed by atoms with van der Waals surface area (Å²) in [5.74, 6) is -0.0466. The summed E-state index contributed by atoms with van der Waals surface area (Å²) in [6.45, 7) is 3.64. The Kier molecular flexibility index (Phi) is 6.58. The summed E-state index contributed by atoms with van der Waals surface area (Å²) in [5.41, 5.74) is 3.03. The normalized spacial score (nSPS) is 20.8. The van der Waals surface area contributed by atoms with Gasteiger partial charge in [0, 0.05) is 38.8 Å². The number of carbonyl (C=O) groups excluding carboxylic acids is 1. The molecule has 1 amide bonds. The van der Waals surface area contributed by atoms with Gasteiger partial charge in [-0.2, -0.15) is 5.10 Å². The van der Waals surface area contributed by atoms with Gasteiger partial charge in [-0.25, -0.2) is 0 Å². The molecule has 1 aliphatic rings. The van der Waals surface area contributed by atoms with Crippen LogP contribution in [0.4, 0.5) is 0 Å². The van der Waals surface area contributed by atoms with E-state index < -0.39 is 6.10 Å². The lowest BCUT2D eigenvalue weighted by Crippen LogP contribution is -2.36. The van der Waals surface area contributed by atoms with Crippen molar-refractivity contribution in [2.24, 2.45) is 13.0 Å². The first-order valence-corrected chi connectivity index (χ1v) is 8.26. The predicted octanol–water partition coefficient (Wildman–Crippen LogP) is 1.30.